The highest BCUT2D eigenvalue weighted by Gasteiger charge is 2.14. The fourth-order valence-corrected chi connectivity index (χ4v) is 3.34. The summed E-state index contributed by atoms with van der Waals surface area (Å²) in [6.07, 6.45) is 3.29. The van der Waals surface area contributed by atoms with E-state index in [1.54, 1.807) is 0 Å². The first kappa shape index (κ1) is 16.9. The number of allylic oxidation sites excluding steroid dienone is 1. The highest BCUT2D eigenvalue weighted by atomic mass is 35.5. The number of hydrogen-bond donors (Lipinski definition) is 1. The molecule has 4 nitrogen and oxygen atoms in total. The van der Waals surface area contributed by atoms with Crippen LogP contribution < -0.4 is 5.32 Å². The Morgan fingerprint density at radius 2 is 1.88 bits per heavy atom. The number of para-hydroxylation sites is 1. The number of benzene rings is 2. The summed E-state index contributed by atoms with van der Waals surface area (Å²) in [5.41, 5.74) is 6.19. The molecule has 1 aromatic heterocycles. The summed E-state index contributed by atoms with van der Waals surface area (Å²) >= 11 is 6.12. The minimum Gasteiger partial charge on any atom is -0.372 e. The van der Waals surface area contributed by atoms with Crippen molar-refractivity contribution in [2.45, 2.75) is 13.8 Å². The summed E-state index contributed by atoms with van der Waals surface area (Å²) < 4.78 is 0. The number of fused-ring (bicyclic) bond motifs is 1. The Balaban J connectivity index is 2.29. The standard InChI is InChI=1S/C20H17ClN4/c1-12-10-14(6-5-9-22)11-13(2)17(12)15-7-4-8-16-18(15)24-20(21)25-19(16)23-3/h4-8,10-11H,1-3H3,(H,23,24,25)/b6-5+. The number of rotatable bonds is 3. The highest BCUT2D eigenvalue weighted by molar-refractivity contribution is 6.29. The molecular weight excluding hydrogens is 332 g/mol. The van der Waals surface area contributed by atoms with Gasteiger partial charge in [-0.3, -0.25) is 0 Å². The van der Waals surface area contributed by atoms with Crippen LogP contribution in [0.2, 0.25) is 5.28 Å². The molecule has 0 radical (unpaired) electrons. The maximum absolute atomic E-state index is 8.72. The van der Waals surface area contributed by atoms with Crippen molar-refractivity contribution in [3.8, 4) is 17.2 Å². The van der Waals surface area contributed by atoms with Crippen molar-refractivity contribution < 1.29 is 0 Å². The Morgan fingerprint density at radius 3 is 2.52 bits per heavy atom. The summed E-state index contributed by atoms with van der Waals surface area (Å²) in [5.74, 6) is 0.709. The van der Waals surface area contributed by atoms with Gasteiger partial charge in [0, 0.05) is 24.1 Å². The van der Waals surface area contributed by atoms with Crippen LogP contribution in [0.15, 0.2) is 36.4 Å². The molecule has 0 saturated heterocycles. The number of halogens is 1. The van der Waals surface area contributed by atoms with Gasteiger partial charge in [0.2, 0.25) is 5.28 Å². The molecule has 2 aromatic carbocycles. The van der Waals surface area contributed by atoms with E-state index >= 15 is 0 Å². The van der Waals surface area contributed by atoms with E-state index in [-0.39, 0.29) is 5.28 Å². The van der Waals surface area contributed by atoms with Gasteiger partial charge in [0.25, 0.3) is 0 Å². The summed E-state index contributed by atoms with van der Waals surface area (Å²) in [4.78, 5) is 8.72. The van der Waals surface area contributed by atoms with E-state index in [2.05, 4.69) is 41.3 Å². The van der Waals surface area contributed by atoms with Crippen LogP contribution in [0.3, 0.4) is 0 Å². The fourth-order valence-electron chi connectivity index (χ4n) is 3.17. The summed E-state index contributed by atoms with van der Waals surface area (Å²) in [7, 11) is 1.82. The first-order valence-electron chi connectivity index (χ1n) is 7.87. The van der Waals surface area contributed by atoms with Crippen LogP contribution in [-0.4, -0.2) is 17.0 Å². The lowest BCUT2D eigenvalue weighted by molar-refractivity contribution is 1.21. The van der Waals surface area contributed by atoms with Crippen LogP contribution in [0.25, 0.3) is 28.1 Å². The highest BCUT2D eigenvalue weighted by Crippen LogP contribution is 2.35. The molecule has 0 spiro atoms. The van der Waals surface area contributed by atoms with Crippen LogP contribution in [0, 0.1) is 25.2 Å². The minimum absolute atomic E-state index is 0.216. The van der Waals surface area contributed by atoms with Gasteiger partial charge in [0.15, 0.2) is 0 Å². The number of hydrogen-bond acceptors (Lipinski definition) is 4. The number of aryl methyl sites for hydroxylation is 2. The summed E-state index contributed by atoms with van der Waals surface area (Å²) in [5, 5.41) is 12.9. The Labute approximate surface area is 151 Å². The maximum atomic E-state index is 8.72. The van der Waals surface area contributed by atoms with Gasteiger partial charge in [-0.15, -0.1) is 0 Å². The minimum atomic E-state index is 0.216. The zero-order valence-electron chi connectivity index (χ0n) is 14.3. The molecule has 0 aliphatic rings. The molecule has 3 rings (SSSR count). The Bertz CT molecular complexity index is 1010. The quantitative estimate of drug-likeness (QED) is 0.525. The lowest BCUT2D eigenvalue weighted by atomic mass is 9.92. The van der Waals surface area contributed by atoms with Gasteiger partial charge in [0.05, 0.1) is 11.6 Å². The summed E-state index contributed by atoms with van der Waals surface area (Å²) in [6.45, 7) is 4.12. The van der Waals surface area contributed by atoms with Crippen LogP contribution in [0.4, 0.5) is 5.82 Å². The van der Waals surface area contributed by atoms with Crippen molar-refractivity contribution in [1.29, 1.82) is 5.26 Å². The van der Waals surface area contributed by atoms with Crippen molar-refractivity contribution in [1.82, 2.24) is 9.97 Å². The van der Waals surface area contributed by atoms with Gasteiger partial charge in [-0.2, -0.15) is 5.26 Å². The second kappa shape index (κ2) is 6.92. The maximum Gasteiger partial charge on any atom is 0.224 e. The lowest BCUT2D eigenvalue weighted by Gasteiger charge is -2.15. The predicted molar refractivity (Wildman–Crippen MR) is 104 cm³/mol. The number of nitrogens with one attached hydrogen (secondary N) is 1. The van der Waals surface area contributed by atoms with Gasteiger partial charge in [-0.25, -0.2) is 9.97 Å². The number of anilines is 1. The third kappa shape index (κ3) is 3.19. The van der Waals surface area contributed by atoms with E-state index in [9.17, 15) is 0 Å². The molecule has 124 valence electrons. The second-order valence-electron chi connectivity index (χ2n) is 5.79. The molecule has 3 aromatic rings. The number of nitrogens with zero attached hydrogens (tertiary/aromatic N) is 3. The second-order valence-corrected chi connectivity index (χ2v) is 6.12. The summed E-state index contributed by atoms with van der Waals surface area (Å²) in [6, 6.07) is 12.2. The van der Waals surface area contributed by atoms with Gasteiger partial charge in [-0.05, 0) is 59.8 Å². The van der Waals surface area contributed by atoms with Crippen molar-refractivity contribution in [3.05, 3.63) is 58.4 Å². The molecule has 0 aliphatic heterocycles. The Morgan fingerprint density at radius 1 is 1.16 bits per heavy atom. The monoisotopic (exact) mass is 348 g/mol. The molecule has 1 heterocycles. The van der Waals surface area contributed by atoms with E-state index in [0.717, 1.165) is 38.7 Å². The molecule has 0 aliphatic carbocycles. The van der Waals surface area contributed by atoms with Crippen LogP contribution in [-0.2, 0) is 0 Å². The van der Waals surface area contributed by atoms with Gasteiger partial charge < -0.3 is 5.32 Å². The molecule has 5 heteroatoms. The van der Waals surface area contributed by atoms with E-state index < -0.39 is 0 Å². The first-order chi connectivity index (χ1) is 12.0. The van der Waals surface area contributed by atoms with Gasteiger partial charge >= 0.3 is 0 Å². The Kier molecular flexibility index (Phi) is 4.69. The number of aromatic nitrogens is 2. The van der Waals surface area contributed by atoms with Gasteiger partial charge in [0.1, 0.15) is 5.82 Å². The molecule has 0 fully saturated rings. The zero-order valence-corrected chi connectivity index (χ0v) is 15.0. The van der Waals surface area contributed by atoms with E-state index in [4.69, 9.17) is 16.9 Å². The van der Waals surface area contributed by atoms with Crippen molar-refractivity contribution in [3.63, 3.8) is 0 Å². The molecule has 0 bridgehead atoms. The average Bonchev–Trinajstić information content (AvgIpc) is 2.59. The lowest BCUT2D eigenvalue weighted by Crippen LogP contribution is -1.98. The van der Waals surface area contributed by atoms with Crippen molar-refractivity contribution >= 4 is 34.4 Å². The van der Waals surface area contributed by atoms with Gasteiger partial charge in [-0.1, -0.05) is 24.3 Å². The molecule has 0 unspecified atom stereocenters. The predicted octanol–water partition coefficient (Wildman–Crippen LogP) is 5.15. The molecular formula is C20H17ClN4. The third-order valence-corrected chi connectivity index (χ3v) is 4.28. The van der Waals surface area contributed by atoms with Crippen molar-refractivity contribution in [2.75, 3.05) is 12.4 Å². The van der Waals surface area contributed by atoms with E-state index in [1.165, 1.54) is 6.08 Å². The molecule has 0 amide bonds. The number of nitriles is 1. The SMILES string of the molecule is CNc1nc(Cl)nc2c(-c3c(C)cc(/C=C/C#N)cc3C)cccc12. The topological polar surface area (TPSA) is 61.6 Å². The van der Waals surface area contributed by atoms with E-state index in [0.29, 0.717) is 5.82 Å². The van der Waals surface area contributed by atoms with Crippen LogP contribution in [0.5, 0.6) is 0 Å². The normalized spacial score (nSPS) is 11.0. The fraction of sp³-hybridized carbons (Fsp3) is 0.150. The first-order valence-corrected chi connectivity index (χ1v) is 8.24. The molecule has 1 N–H and O–H groups in total. The Hall–Kier alpha value is -2.90. The van der Waals surface area contributed by atoms with E-state index in [1.807, 2.05) is 37.4 Å². The third-order valence-electron chi connectivity index (χ3n) is 4.11. The molecule has 25 heavy (non-hydrogen) atoms. The zero-order chi connectivity index (χ0) is 18.0. The van der Waals surface area contributed by atoms with Crippen LogP contribution >= 0.6 is 11.6 Å². The molecule has 0 saturated carbocycles. The van der Waals surface area contributed by atoms with Crippen LogP contribution in [0.1, 0.15) is 16.7 Å². The van der Waals surface area contributed by atoms with Crippen molar-refractivity contribution in [2.24, 2.45) is 0 Å². The smallest absolute Gasteiger partial charge is 0.224 e. The average molecular weight is 349 g/mol. The molecule has 0 atom stereocenters. The largest absolute Gasteiger partial charge is 0.372 e.